The van der Waals surface area contributed by atoms with Gasteiger partial charge in [-0.15, -0.1) is 0 Å². The van der Waals surface area contributed by atoms with Gasteiger partial charge in [-0.3, -0.25) is 0 Å². The van der Waals surface area contributed by atoms with E-state index in [1.165, 1.54) is 142 Å². The van der Waals surface area contributed by atoms with E-state index in [-0.39, 0.29) is 0 Å². The molecule has 126 heavy (non-hydrogen) atoms. The second-order valence-corrected chi connectivity index (χ2v) is 31.8. The normalized spacial score (nSPS) is 11.3. The van der Waals surface area contributed by atoms with Crippen LogP contribution in [0.4, 0.5) is 51.2 Å². The highest BCUT2D eigenvalue weighted by Gasteiger charge is 2.27. The van der Waals surface area contributed by atoms with Crippen molar-refractivity contribution < 1.29 is 0 Å². The summed E-state index contributed by atoms with van der Waals surface area (Å²) in [6.07, 6.45) is 0. The van der Waals surface area contributed by atoms with Crippen LogP contribution >= 0.6 is 0 Å². The highest BCUT2D eigenvalue weighted by molar-refractivity contribution is 6.26. The minimum atomic E-state index is 1.12. The minimum absolute atomic E-state index is 1.12. The van der Waals surface area contributed by atoms with Crippen LogP contribution in [0.1, 0.15) is 0 Å². The number of fused-ring (bicyclic) bond motifs is 15. The van der Waals surface area contributed by atoms with Crippen molar-refractivity contribution in [2.24, 2.45) is 0 Å². The van der Waals surface area contributed by atoms with Crippen molar-refractivity contribution in [3.8, 4) is 50.4 Å². The van der Waals surface area contributed by atoms with Gasteiger partial charge in [0.2, 0.25) is 0 Å². The lowest BCUT2D eigenvalue weighted by Gasteiger charge is -2.27. The highest BCUT2D eigenvalue weighted by atomic mass is 15.2. The molecule has 0 aliphatic heterocycles. The van der Waals surface area contributed by atoms with Gasteiger partial charge in [0.05, 0.1) is 50.2 Å². The van der Waals surface area contributed by atoms with Gasteiger partial charge in [-0.2, -0.15) is 0 Å². The van der Waals surface area contributed by atoms with Crippen LogP contribution in [0.15, 0.2) is 510 Å². The molecule has 24 aromatic rings. The Bertz CT molecular complexity index is 7870. The molecule has 0 saturated heterocycles. The first-order valence-electron chi connectivity index (χ1n) is 43.1. The van der Waals surface area contributed by atoms with Crippen LogP contribution < -0.4 is 14.7 Å². The second kappa shape index (κ2) is 33.3. The van der Waals surface area contributed by atoms with Crippen molar-refractivity contribution in [2.45, 2.75) is 0 Å². The molecule has 0 bridgehead atoms. The second-order valence-electron chi connectivity index (χ2n) is 31.8. The van der Waals surface area contributed by atoms with Gasteiger partial charge in [-0.1, -0.05) is 358 Å². The molecule has 0 unspecified atom stereocenters. The fraction of sp³-hybridized carbons (Fsp3) is 0. The molecule has 6 heteroatoms. The lowest BCUT2D eigenvalue weighted by molar-refractivity contribution is 1.19. The van der Waals surface area contributed by atoms with Crippen molar-refractivity contribution >= 4 is 149 Å². The molecule has 594 valence electrons. The molecular formula is C120H84N6. The number of nitrogens with zero attached hydrogens (tertiary/aromatic N) is 6. The molecular weight excluding hydrogens is 1530 g/mol. The third-order valence-electron chi connectivity index (χ3n) is 24.4. The van der Waals surface area contributed by atoms with E-state index in [1.807, 2.05) is 0 Å². The SMILES string of the molecule is c1ccc(-c2cc(-c3ccccc3)cc(-n3c4ccccc4c4ccc5c(N(c6ccccc6)c6ccccc6)cccc5c43)c2)cc1.c1ccc(-c2cccc(-n3c4ccccc4c4c(N(c5ccccc5)c5ccccc5)cc5ccccc5c43)c2)cc1.c1ccc(N(c2ccccc2)c2cc3c4ccccc4n(-c4ccccc4)c3c3ccccc23)cc1. The van der Waals surface area contributed by atoms with E-state index in [0.29, 0.717) is 0 Å². The monoisotopic (exact) mass is 1610 g/mol. The first-order chi connectivity index (χ1) is 62.6. The van der Waals surface area contributed by atoms with Crippen LogP contribution in [-0.4, -0.2) is 13.7 Å². The van der Waals surface area contributed by atoms with Crippen molar-refractivity contribution in [3.05, 3.63) is 510 Å². The van der Waals surface area contributed by atoms with E-state index in [4.69, 9.17) is 0 Å². The number of hydrogen-bond acceptors (Lipinski definition) is 3. The van der Waals surface area contributed by atoms with E-state index in [2.05, 4.69) is 538 Å². The van der Waals surface area contributed by atoms with Crippen molar-refractivity contribution in [1.29, 1.82) is 0 Å². The van der Waals surface area contributed by atoms with Crippen LogP contribution in [0, 0.1) is 0 Å². The average Bonchev–Trinajstić information content (AvgIpc) is 1.57. The quantitative estimate of drug-likeness (QED) is 0.102. The van der Waals surface area contributed by atoms with Crippen LogP contribution in [0.25, 0.3) is 148 Å². The van der Waals surface area contributed by atoms with Crippen molar-refractivity contribution in [1.82, 2.24) is 13.7 Å². The van der Waals surface area contributed by atoms with Crippen LogP contribution in [0.5, 0.6) is 0 Å². The first-order valence-corrected chi connectivity index (χ1v) is 43.1. The molecule has 3 heterocycles. The van der Waals surface area contributed by atoms with E-state index >= 15 is 0 Å². The van der Waals surface area contributed by atoms with Gasteiger partial charge in [0, 0.05) is 110 Å². The van der Waals surface area contributed by atoms with Gasteiger partial charge in [0.1, 0.15) is 0 Å². The number of para-hydroxylation sites is 10. The predicted octanol–water partition coefficient (Wildman–Crippen LogP) is 33.2. The number of aromatic nitrogens is 3. The fourth-order valence-electron chi connectivity index (χ4n) is 18.9. The molecule has 6 nitrogen and oxygen atoms in total. The van der Waals surface area contributed by atoms with E-state index < -0.39 is 0 Å². The van der Waals surface area contributed by atoms with E-state index in [9.17, 15) is 0 Å². The van der Waals surface area contributed by atoms with Gasteiger partial charge in [0.15, 0.2) is 0 Å². The maximum absolute atomic E-state index is 2.48. The zero-order valence-corrected chi connectivity index (χ0v) is 69.2. The number of rotatable bonds is 15. The summed E-state index contributed by atoms with van der Waals surface area (Å²) in [7, 11) is 0. The van der Waals surface area contributed by atoms with Crippen LogP contribution in [-0.2, 0) is 0 Å². The van der Waals surface area contributed by atoms with Gasteiger partial charge in [-0.25, -0.2) is 0 Å². The Morgan fingerprint density at radius 1 is 0.143 bits per heavy atom. The molecule has 24 rings (SSSR count). The lowest BCUT2D eigenvalue weighted by Crippen LogP contribution is -2.10. The third kappa shape index (κ3) is 13.9. The maximum Gasteiger partial charge on any atom is 0.0640 e. The topological polar surface area (TPSA) is 24.5 Å². The summed E-state index contributed by atoms with van der Waals surface area (Å²) in [5.74, 6) is 0. The van der Waals surface area contributed by atoms with E-state index in [1.54, 1.807) is 0 Å². The Hall–Kier alpha value is -16.8. The highest BCUT2D eigenvalue weighted by Crippen LogP contribution is 2.51. The Kier molecular flexibility index (Phi) is 19.9. The van der Waals surface area contributed by atoms with Crippen molar-refractivity contribution in [2.75, 3.05) is 14.7 Å². The van der Waals surface area contributed by atoms with Crippen molar-refractivity contribution in [3.63, 3.8) is 0 Å². The summed E-state index contributed by atoms with van der Waals surface area (Å²) < 4.78 is 7.34. The standard InChI is InChI=1S/C46H32N2.C40H28N2.C34H24N2/c1-5-16-33(17-6-1)35-30-36(34-18-7-2-8-19-34)32-39(31-35)48-45-26-14-13-24-40(45)43-29-28-41-42(46(43)48)25-15-27-44(41)47(37-20-9-3-10-21-37)38-22-11-4-12-23-38;1-4-15-29(16-5-1)30-18-14-23-34(27-30)42-37-26-13-12-25-36(37)39-38(28-31-17-10-11-24-35(31)40(39)42)41(32-19-6-2-7-20-32)33-21-8-3-9-22-33;1-4-14-25(15-5-1)35(26-16-6-2-7-17-26)33-24-31-29-21-12-13-23-32(29)36(27-18-8-3-9-19-27)34(31)30-22-11-10-20-28(30)33/h1-32H;1-28H;1-24H. The van der Waals surface area contributed by atoms with E-state index in [0.717, 1.165) is 56.9 Å². The van der Waals surface area contributed by atoms with Gasteiger partial charge < -0.3 is 28.4 Å². The molecule has 0 fully saturated rings. The maximum atomic E-state index is 2.48. The fourth-order valence-corrected chi connectivity index (χ4v) is 18.9. The molecule has 0 atom stereocenters. The zero-order chi connectivity index (χ0) is 83.6. The summed E-state index contributed by atoms with van der Waals surface area (Å²) in [5, 5.41) is 14.8. The average molecular weight is 1610 g/mol. The molecule has 3 aromatic heterocycles. The van der Waals surface area contributed by atoms with Crippen LogP contribution in [0.2, 0.25) is 0 Å². The molecule has 0 spiro atoms. The Morgan fingerprint density at radius 3 is 0.944 bits per heavy atom. The summed E-state index contributed by atoms with van der Waals surface area (Å²) in [6, 6.07) is 183. The number of benzene rings is 21. The number of hydrogen-bond donors (Lipinski definition) is 0. The first kappa shape index (κ1) is 75.4. The molecule has 0 amide bonds. The Balaban J connectivity index is 0.000000113. The van der Waals surface area contributed by atoms with Crippen LogP contribution in [0.3, 0.4) is 0 Å². The number of anilines is 9. The lowest BCUT2D eigenvalue weighted by atomic mass is 9.97. The minimum Gasteiger partial charge on any atom is -0.310 e. The van der Waals surface area contributed by atoms with Gasteiger partial charge >= 0.3 is 0 Å². The summed E-state index contributed by atoms with van der Waals surface area (Å²) >= 11 is 0. The molecule has 0 radical (unpaired) electrons. The van der Waals surface area contributed by atoms with Gasteiger partial charge in [-0.05, 0) is 190 Å². The summed E-state index contributed by atoms with van der Waals surface area (Å²) in [6.45, 7) is 0. The molecule has 0 aliphatic carbocycles. The summed E-state index contributed by atoms with van der Waals surface area (Å²) in [5.41, 5.74) is 28.2. The molecule has 0 aliphatic rings. The Morgan fingerprint density at radius 2 is 0.444 bits per heavy atom. The van der Waals surface area contributed by atoms with Gasteiger partial charge in [0.25, 0.3) is 0 Å². The zero-order valence-electron chi connectivity index (χ0n) is 69.2. The molecule has 0 N–H and O–H groups in total. The Labute approximate surface area is 732 Å². The smallest absolute Gasteiger partial charge is 0.0640 e. The molecule has 21 aromatic carbocycles. The summed E-state index contributed by atoms with van der Waals surface area (Å²) in [4.78, 5) is 7.13. The largest absolute Gasteiger partial charge is 0.310 e. The molecule has 0 saturated carbocycles. The third-order valence-corrected chi connectivity index (χ3v) is 24.4. The predicted molar refractivity (Wildman–Crippen MR) is 535 cm³/mol.